The molecule has 0 aliphatic carbocycles. The first-order valence-electron chi connectivity index (χ1n) is 10.7. The number of imidazole rings is 1. The SMILES string of the molecule is NC(=O)C1Cc2c([nH]c3ccccc23)CN1C(=O)c1ccc2nc(-c3ccncc3)[nH]c2c1. The van der Waals surface area contributed by atoms with Gasteiger partial charge >= 0.3 is 0 Å². The maximum atomic E-state index is 13.5. The number of H-pyrrole nitrogens is 2. The van der Waals surface area contributed by atoms with Crippen LogP contribution < -0.4 is 5.73 Å². The smallest absolute Gasteiger partial charge is 0.254 e. The summed E-state index contributed by atoms with van der Waals surface area (Å²) in [5, 5.41) is 1.06. The van der Waals surface area contributed by atoms with Gasteiger partial charge in [-0.2, -0.15) is 0 Å². The number of aromatic nitrogens is 4. The predicted octanol–water partition coefficient (Wildman–Crippen LogP) is 3.16. The minimum absolute atomic E-state index is 0.245. The van der Waals surface area contributed by atoms with Crippen molar-refractivity contribution in [2.45, 2.75) is 19.0 Å². The van der Waals surface area contributed by atoms with Crippen LogP contribution in [0.25, 0.3) is 33.3 Å². The average molecular weight is 436 g/mol. The third-order valence-electron chi connectivity index (χ3n) is 6.28. The normalized spacial score (nSPS) is 15.6. The Morgan fingerprint density at radius 2 is 1.82 bits per heavy atom. The van der Waals surface area contributed by atoms with Crippen molar-refractivity contribution in [3.8, 4) is 11.4 Å². The third kappa shape index (κ3) is 3.15. The van der Waals surface area contributed by atoms with Gasteiger partial charge in [-0.1, -0.05) is 18.2 Å². The van der Waals surface area contributed by atoms with Crippen molar-refractivity contribution < 1.29 is 9.59 Å². The second-order valence-electron chi connectivity index (χ2n) is 8.24. The van der Waals surface area contributed by atoms with E-state index >= 15 is 0 Å². The van der Waals surface area contributed by atoms with Crippen molar-refractivity contribution in [3.05, 3.63) is 83.8 Å². The quantitative estimate of drug-likeness (QED) is 0.402. The molecule has 0 radical (unpaired) electrons. The summed E-state index contributed by atoms with van der Waals surface area (Å²) in [6, 6.07) is 16.3. The average Bonchev–Trinajstić information content (AvgIpc) is 3.43. The monoisotopic (exact) mass is 436 g/mol. The van der Waals surface area contributed by atoms with Crippen LogP contribution in [0.4, 0.5) is 0 Å². The van der Waals surface area contributed by atoms with E-state index in [0.717, 1.165) is 38.8 Å². The van der Waals surface area contributed by atoms with Gasteiger partial charge in [0.05, 0.1) is 17.6 Å². The van der Waals surface area contributed by atoms with Crippen molar-refractivity contribution >= 4 is 33.8 Å². The first-order valence-corrected chi connectivity index (χ1v) is 10.7. The van der Waals surface area contributed by atoms with E-state index in [0.29, 0.717) is 24.4 Å². The summed E-state index contributed by atoms with van der Waals surface area (Å²) >= 11 is 0. The van der Waals surface area contributed by atoms with Crippen molar-refractivity contribution in [1.82, 2.24) is 24.8 Å². The van der Waals surface area contributed by atoms with Gasteiger partial charge < -0.3 is 20.6 Å². The lowest BCUT2D eigenvalue weighted by molar-refractivity contribution is -0.122. The molecule has 0 spiro atoms. The molecule has 0 saturated carbocycles. The molecule has 1 atom stereocenters. The minimum atomic E-state index is -0.714. The molecular formula is C25H20N6O2. The zero-order chi connectivity index (χ0) is 22.5. The number of nitrogens with zero attached hydrogens (tertiary/aromatic N) is 3. The summed E-state index contributed by atoms with van der Waals surface area (Å²) in [7, 11) is 0. The summed E-state index contributed by atoms with van der Waals surface area (Å²) in [5.74, 6) is -0.0559. The molecule has 2 aromatic carbocycles. The number of para-hydroxylation sites is 1. The number of fused-ring (bicyclic) bond motifs is 4. The Labute approximate surface area is 188 Å². The highest BCUT2D eigenvalue weighted by molar-refractivity contribution is 6.00. The number of nitrogens with two attached hydrogens (primary N) is 1. The van der Waals surface area contributed by atoms with E-state index in [1.165, 1.54) is 0 Å². The van der Waals surface area contributed by atoms with Crippen LogP contribution in [0.15, 0.2) is 67.0 Å². The molecule has 0 saturated heterocycles. The van der Waals surface area contributed by atoms with Gasteiger partial charge in [0.25, 0.3) is 5.91 Å². The number of amides is 2. The summed E-state index contributed by atoms with van der Waals surface area (Å²) in [6.07, 6.45) is 3.80. The molecule has 33 heavy (non-hydrogen) atoms. The first kappa shape index (κ1) is 19.2. The number of hydrogen-bond donors (Lipinski definition) is 3. The maximum Gasteiger partial charge on any atom is 0.254 e. The van der Waals surface area contributed by atoms with Crippen LogP contribution in [0.3, 0.4) is 0 Å². The van der Waals surface area contributed by atoms with Gasteiger partial charge in [-0.05, 0) is 42.0 Å². The van der Waals surface area contributed by atoms with Crippen LogP contribution in [0.2, 0.25) is 0 Å². The van der Waals surface area contributed by atoms with Gasteiger partial charge in [-0.15, -0.1) is 0 Å². The fraction of sp³-hybridized carbons (Fsp3) is 0.120. The van der Waals surface area contributed by atoms with Crippen molar-refractivity contribution in [3.63, 3.8) is 0 Å². The summed E-state index contributed by atoms with van der Waals surface area (Å²) in [5.41, 5.74) is 11.6. The van der Waals surface area contributed by atoms with Crippen molar-refractivity contribution in [1.29, 1.82) is 0 Å². The van der Waals surface area contributed by atoms with Gasteiger partial charge in [-0.25, -0.2) is 4.98 Å². The van der Waals surface area contributed by atoms with E-state index in [1.807, 2.05) is 36.4 Å². The Kier molecular flexibility index (Phi) is 4.26. The molecule has 162 valence electrons. The molecule has 1 unspecified atom stereocenters. The lowest BCUT2D eigenvalue weighted by atomic mass is 9.95. The second kappa shape index (κ2) is 7.30. The first-order chi connectivity index (χ1) is 16.1. The van der Waals surface area contributed by atoms with Crippen LogP contribution in [-0.2, 0) is 17.8 Å². The lowest BCUT2D eigenvalue weighted by Crippen LogP contribution is -2.51. The number of aromatic amines is 2. The van der Waals surface area contributed by atoms with Gasteiger partial charge in [0.15, 0.2) is 0 Å². The van der Waals surface area contributed by atoms with E-state index in [1.54, 1.807) is 35.5 Å². The number of rotatable bonds is 3. The van der Waals surface area contributed by atoms with Gasteiger partial charge in [0.1, 0.15) is 11.9 Å². The number of carbonyl (C=O) groups is 2. The molecule has 4 N–H and O–H groups in total. The largest absolute Gasteiger partial charge is 0.368 e. The molecule has 4 heterocycles. The zero-order valence-electron chi connectivity index (χ0n) is 17.6. The van der Waals surface area contributed by atoms with Crippen LogP contribution in [0.1, 0.15) is 21.6 Å². The topological polar surface area (TPSA) is 121 Å². The van der Waals surface area contributed by atoms with Crippen molar-refractivity contribution in [2.24, 2.45) is 5.73 Å². The Hall–Kier alpha value is -4.46. The number of pyridine rings is 1. The number of primary amides is 1. The molecule has 1 aliphatic rings. The lowest BCUT2D eigenvalue weighted by Gasteiger charge is -2.34. The second-order valence-corrected chi connectivity index (χ2v) is 8.24. The van der Waals surface area contributed by atoms with Crippen LogP contribution in [-0.4, -0.2) is 42.7 Å². The highest BCUT2D eigenvalue weighted by atomic mass is 16.2. The molecule has 8 nitrogen and oxygen atoms in total. The summed E-state index contributed by atoms with van der Waals surface area (Å²) in [6.45, 7) is 0.291. The van der Waals surface area contributed by atoms with E-state index in [9.17, 15) is 9.59 Å². The zero-order valence-corrected chi connectivity index (χ0v) is 17.6. The molecule has 8 heteroatoms. The Morgan fingerprint density at radius 3 is 2.64 bits per heavy atom. The molecule has 3 aromatic heterocycles. The standard InChI is InChI=1S/C25H20N6O2/c26-23(32)22-12-17-16-3-1-2-4-18(16)28-21(17)13-31(22)25(33)15-5-6-19-20(11-15)30-24(29-19)14-7-9-27-10-8-14/h1-11,22,28H,12-13H2,(H2,26,32)(H,29,30). The fourth-order valence-electron chi connectivity index (χ4n) is 4.63. The number of carbonyl (C=O) groups excluding carboxylic acids is 2. The van der Waals surface area contributed by atoms with Gasteiger partial charge in [0, 0.05) is 46.5 Å². The van der Waals surface area contributed by atoms with E-state index in [4.69, 9.17) is 5.73 Å². The minimum Gasteiger partial charge on any atom is -0.368 e. The number of hydrogen-bond acceptors (Lipinski definition) is 4. The van der Waals surface area contributed by atoms with Gasteiger partial charge in [0.2, 0.25) is 5.91 Å². The highest BCUT2D eigenvalue weighted by Gasteiger charge is 2.35. The van der Waals surface area contributed by atoms with E-state index in [-0.39, 0.29) is 5.91 Å². The Morgan fingerprint density at radius 1 is 1.00 bits per heavy atom. The molecule has 0 fully saturated rings. The number of benzene rings is 2. The van der Waals surface area contributed by atoms with Crippen LogP contribution >= 0.6 is 0 Å². The molecule has 0 bridgehead atoms. The maximum absolute atomic E-state index is 13.5. The number of nitrogens with one attached hydrogen (secondary N) is 2. The summed E-state index contributed by atoms with van der Waals surface area (Å²) in [4.78, 5) is 42.7. The van der Waals surface area contributed by atoms with E-state index < -0.39 is 11.9 Å². The summed E-state index contributed by atoms with van der Waals surface area (Å²) < 4.78 is 0. The molecule has 2 amide bonds. The van der Waals surface area contributed by atoms with Gasteiger partial charge in [-0.3, -0.25) is 14.6 Å². The Bertz CT molecular complexity index is 1530. The van der Waals surface area contributed by atoms with Crippen molar-refractivity contribution in [2.75, 3.05) is 0 Å². The third-order valence-corrected chi connectivity index (χ3v) is 6.28. The van der Waals surface area contributed by atoms with Crippen LogP contribution in [0.5, 0.6) is 0 Å². The molecule has 1 aliphatic heterocycles. The molecular weight excluding hydrogens is 416 g/mol. The fourth-order valence-corrected chi connectivity index (χ4v) is 4.63. The Balaban J connectivity index is 1.37. The predicted molar refractivity (Wildman–Crippen MR) is 124 cm³/mol. The van der Waals surface area contributed by atoms with E-state index in [2.05, 4.69) is 19.9 Å². The van der Waals surface area contributed by atoms with Crippen LogP contribution in [0, 0.1) is 0 Å². The molecule has 5 aromatic rings. The molecule has 6 rings (SSSR count). The highest BCUT2D eigenvalue weighted by Crippen LogP contribution is 2.31.